The fraction of sp³-hybridized carbons (Fsp3) is 1.00. The van der Waals surface area contributed by atoms with Crippen LogP contribution in [0.1, 0.15) is 19.8 Å². The van der Waals surface area contributed by atoms with Crippen molar-refractivity contribution in [3.63, 3.8) is 0 Å². The second kappa shape index (κ2) is 1.82. The number of hydrogen-bond acceptors (Lipinski definition) is 3. The molecule has 1 aliphatic rings. The topological polar surface area (TPSA) is 38.7 Å². The smallest absolute Gasteiger partial charge is 0.197 e. The standard InChI is InChI=1S/C5H9NO2/c1-5(6-7)3-2-4-8-5/h2-4H2,1H3. The Balaban J connectivity index is 2.52. The third kappa shape index (κ3) is 0.865. The molecule has 1 atom stereocenters. The van der Waals surface area contributed by atoms with Crippen molar-refractivity contribution in [2.45, 2.75) is 25.5 Å². The summed E-state index contributed by atoms with van der Waals surface area (Å²) in [6, 6.07) is 0. The van der Waals surface area contributed by atoms with Crippen LogP contribution in [0.5, 0.6) is 0 Å². The minimum atomic E-state index is -0.694. The van der Waals surface area contributed by atoms with Gasteiger partial charge in [-0.1, -0.05) is 0 Å². The Morgan fingerprint density at radius 1 is 1.75 bits per heavy atom. The third-order valence-electron chi connectivity index (χ3n) is 1.39. The van der Waals surface area contributed by atoms with E-state index < -0.39 is 5.72 Å². The van der Waals surface area contributed by atoms with Crippen LogP contribution in [0.2, 0.25) is 0 Å². The second-order valence-electron chi connectivity index (χ2n) is 2.22. The highest BCUT2D eigenvalue weighted by Crippen LogP contribution is 2.25. The van der Waals surface area contributed by atoms with Gasteiger partial charge in [0, 0.05) is 13.0 Å². The van der Waals surface area contributed by atoms with Gasteiger partial charge >= 0.3 is 0 Å². The van der Waals surface area contributed by atoms with Crippen molar-refractivity contribution in [1.82, 2.24) is 0 Å². The van der Waals surface area contributed by atoms with Gasteiger partial charge in [0.25, 0.3) is 0 Å². The Hall–Kier alpha value is -0.440. The molecule has 1 fully saturated rings. The van der Waals surface area contributed by atoms with Crippen molar-refractivity contribution < 1.29 is 4.74 Å². The molecule has 0 bridgehead atoms. The lowest BCUT2D eigenvalue weighted by Gasteiger charge is -2.10. The van der Waals surface area contributed by atoms with E-state index in [9.17, 15) is 4.91 Å². The Bertz CT molecular complexity index is 96.6. The van der Waals surface area contributed by atoms with E-state index in [1.54, 1.807) is 6.92 Å². The summed E-state index contributed by atoms with van der Waals surface area (Å²) in [5.74, 6) is 0. The predicted molar refractivity (Wildman–Crippen MR) is 29.4 cm³/mol. The molecule has 3 nitrogen and oxygen atoms in total. The summed E-state index contributed by atoms with van der Waals surface area (Å²) in [5.41, 5.74) is -0.694. The third-order valence-corrected chi connectivity index (χ3v) is 1.39. The van der Waals surface area contributed by atoms with Crippen molar-refractivity contribution in [3.8, 4) is 0 Å². The molecule has 0 amide bonds. The van der Waals surface area contributed by atoms with E-state index >= 15 is 0 Å². The SMILES string of the molecule is CC1(N=O)CCCO1. The average Bonchev–Trinajstić information content (AvgIpc) is 2.17. The first-order chi connectivity index (χ1) is 3.77. The summed E-state index contributed by atoms with van der Waals surface area (Å²) in [7, 11) is 0. The summed E-state index contributed by atoms with van der Waals surface area (Å²) in [6.45, 7) is 2.40. The molecule has 0 spiro atoms. The lowest BCUT2D eigenvalue weighted by atomic mass is 10.2. The highest BCUT2D eigenvalue weighted by atomic mass is 16.5. The number of rotatable bonds is 1. The van der Waals surface area contributed by atoms with Gasteiger partial charge in [-0.25, -0.2) is 0 Å². The van der Waals surface area contributed by atoms with Crippen LogP contribution in [-0.4, -0.2) is 12.3 Å². The van der Waals surface area contributed by atoms with Crippen molar-refractivity contribution >= 4 is 0 Å². The number of nitrogens with zero attached hydrogens (tertiary/aromatic N) is 1. The molecule has 0 aromatic rings. The predicted octanol–water partition coefficient (Wildman–Crippen LogP) is 1.28. The van der Waals surface area contributed by atoms with Gasteiger partial charge in [-0.3, -0.25) is 0 Å². The van der Waals surface area contributed by atoms with Crippen LogP contribution in [0.25, 0.3) is 0 Å². The lowest BCUT2D eigenvalue weighted by Crippen LogP contribution is -2.17. The first-order valence-corrected chi connectivity index (χ1v) is 2.75. The van der Waals surface area contributed by atoms with Gasteiger partial charge in [0.2, 0.25) is 0 Å². The molecular formula is C5H9NO2. The lowest BCUT2D eigenvalue weighted by molar-refractivity contribution is 0.0268. The van der Waals surface area contributed by atoms with Crippen LogP contribution in [-0.2, 0) is 4.74 Å². The largest absolute Gasteiger partial charge is 0.351 e. The highest BCUT2D eigenvalue weighted by molar-refractivity contribution is 4.75. The van der Waals surface area contributed by atoms with E-state index in [-0.39, 0.29) is 0 Å². The van der Waals surface area contributed by atoms with Crippen molar-refractivity contribution in [1.29, 1.82) is 0 Å². The summed E-state index contributed by atoms with van der Waals surface area (Å²) < 4.78 is 5.01. The molecule has 1 saturated heterocycles. The fourth-order valence-electron chi connectivity index (χ4n) is 0.836. The van der Waals surface area contributed by atoms with Crippen molar-refractivity contribution in [2.75, 3.05) is 6.61 Å². The van der Waals surface area contributed by atoms with E-state index in [1.807, 2.05) is 0 Å². The van der Waals surface area contributed by atoms with Gasteiger partial charge in [0.05, 0.1) is 0 Å². The normalized spacial score (nSPS) is 37.6. The molecular weight excluding hydrogens is 106 g/mol. The minimum absolute atomic E-state index is 0.683. The van der Waals surface area contributed by atoms with Gasteiger partial charge in [0.1, 0.15) is 0 Å². The first kappa shape index (κ1) is 5.69. The summed E-state index contributed by atoms with van der Waals surface area (Å²) in [6.07, 6.45) is 1.73. The van der Waals surface area contributed by atoms with E-state index in [1.165, 1.54) is 0 Å². The molecule has 1 rings (SSSR count). The van der Waals surface area contributed by atoms with Gasteiger partial charge in [-0.05, 0) is 18.5 Å². The maximum absolute atomic E-state index is 9.95. The Morgan fingerprint density at radius 2 is 2.50 bits per heavy atom. The number of nitroso groups, excluding NO2 is 1. The molecule has 0 aliphatic carbocycles. The van der Waals surface area contributed by atoms with Crippen LogP contribution >= 0.6 is 0 Å². The van der Waals surface area contributed by atoms with Crippen LogP contribution < -0.4 is 0 Å². The van der Waals surface area contributed by atoms with E-state index in [4.69, 9.17) is 4.74 Å². The molecule has 0 aromatic carbocycles. The molecule has 0 saturated carbocycles. The summed E-state index contributed by atoms with van der Waals surface area (Å²) >= 11 is 0. The zero-order chi connectivity index (χ0) is 6.04. The molecule has 0 radical (unpaired) electrons. The number of hydrogen-bond donors (Lipinski definition) is 0. The van der Waals surface area contributed by atoms with E-state index in [0.29, 0.717) is 6.61 Å². The molecule has 8 heavy (non-hydrogen) atoms. The average molecular weight is 115 g/mol. The summed E-state index contributed by atoms with van der Waals surface area (Å²) in [4.78, 5) is 9.95. The van der Waals surface area contributed by atoms with Crippen LogP contribution in [0.3, 0.4) is 0 Å². The molecule has 1 unspecified atom stereocenters. The Labute approximate surface area is 48.0 Å². The summed E-state index contributed by atoms with van der Waals surface area (Å²) in [5, 5.41) is 2.85. The molecule has 1 heterocycles. The minimum Gasteiger partial charge on any atom is -0.351 e. The van der Waals surface area contributed by atoms with Gasteiger partial charge in [-0.2, -0.15) is 0 Å². The quantitative estimate of drug-likeness (QED) is 0.483. The van der Waals surface area contributed by atoms with Gasteiger partial charge in [0.15, 0.2) is 5.72 Å². The van der Waals surface area contributed by atoms with Crippen molar-refractivity contribution in [2.24, 2.45) is 5.18 Å². The van der Waals surface area contributed by atoms with Crippen LogP contribution in [0.15, 0.2) is 5.18 Å². The molecule has 1 aliphatic heterocycles. The second-order valence-corrected chi connectivity index (χ2v) is 2.22. The molecule has 46 valence electrons. The monoisotopic (exact) mass is 115 g/mol. The van der Waals surface area contributed by atoms with Crippen molar-refractivity contribution in [3.05, 3.63) is 4.91 Å². The highest BCUT2D eigenvalue weighted by Gasteiger charge is 2.30. The van der Waals surface area contributed by atoms with Gasteiger partial charge < -0.3 is 4.74 Å². The van der Waals surface area contributed by atoms with E-state index in [0.717, 1.165) is 12.8 Å². The zero-order valence-corrected chi connectivity index (χ0v) is 4.89. The first-order valence-electron chi connectivity index (χ1n) is 2.75. The molecule has 0 aromatic heterocycles. The maximum atomic E-state index is 9.95. The fourth-order valence-corrected chi connectivity index (χ4v) is 0.836. The van der Waals surface area contributed by atoms with Crippen LogP contribution in [0, 0.1) is 4.91 Å². The maximum Gasteiger partial charge on any atom is 0.197 e. The van der Waals surface area contributed by atoms with Crippen LogP contribution in [0.4, 0.5) is 0 Å². The molecule has 0 N–H and O–H groups in total. The Kier molecular flexibility index (Phi) is 1.29. The number of ether oxygens (including phenoxy) is 1. The van der Waals surface area contributed by atoms with E-state index in [2.05, 4.69) is 5.18 Å². The van der Waals surface area contributed by atoms with Gasteiger partial charge in [-0.15, -0.1) is 4.91 Å². The molecule has 3 heteroatoms. The zero-order valence-electron chi connectivity index (χ0n) is 4.89. The Morgan fingerprint density at radius 3 is 2.75 bits per heavy atom.